The molecule has 6 nitrogen and oxygen atoms in total. The Kier molecular flexibility index (Phi) is 6.53. The van der Waals surface area contributed by atoms with Gasteiger partial charge in [0.25, 0.3) is 0 Å². The maximum Gasteiger partial charge on any atom is 0.218 e. The molecule has 2 aromatic carbocycles. The smallest absolute Gasteiger partial charge is 0.218 e. The molecule has 0 aliphatic heterocycles. The summed E-state index contributed by atoms with van der Waals surface area (Å²) in [6.45, 7) is 0.174. The van der Waals surface area contributed by atoms with Gasteiger partial charge in [-0.05, 0) is 65.9 Å². The molecular weight excluding hydrogens is 416 g/mol. The van der Waals surface area contributed by atoms with E-state index in [9.17, 15) is 19.0 Å². The van der Waals surface area contributed by atoms with E-state index in [1.54, 1.807) is 30.5 Å². The predicted octanol–water partition coefficient (Wildman–Crippen LogP) is 3.89. The number of aryl methyl sites for hydroxylation is 2. The average molecular weight is 437 g/mol. The second-order valence-corrected chi connectivity index (χ2v) is 7.23. The Morgan fingerprint density at radius 2 is 1.62 bits per heavy atom. The molecule has 4 aromatic rings. The topological polar surface area (TPSA) is 80.4 Å². The Balaban J connectivity index is 1.50. The third kappa shape index (κ3) is 5.16. The summed E-state index contributed by atoms with van der Waals surface area (Å²) in [7, 11) is 0. The van der Waals surface area contributed by atoms with Gasteiger partial charge in [0, 0.05) is 17.8 Å². The van der Waals surface area contributed by atoms with Crippen molar-refractivity contribution in [1.29, 1.82) is 0 Å². The fourth-order valence-electron chi connectivity index (χ4n) is 3.33. The van der Waals surface area contributed by atoms with E-state index in [4.69, 9.17) is 4.74 Å². The predicted molar refractivity (Wildman–Crippen MR) is 113 cm³/mol. The molecule has 8 heteroatoms. The van der Waals surface area contributed by atoms with Crippen molar-refractivity contribution < 1.29 is 23.7 Å². The molecule has 2 heterocycles. The van der Waals surface area contributed by atoms with Gasteiger partial charge in [0.05, 0.1) is 6.20 Å². The van der Waals surface area contributed by atoms with E-state index in [1.807, 2.05) is 0 Å². The second-order valence-electron chi connectivity index (χ2n) is 7.23. The normalized spacial score (nSPS) is 11.2. The van der Waals surface area contributed by atoms with E-state index in [2.05, 4.69) is 10.1 Å². The molecule has 0 saturated carbocycles. The van der Waals surface area contributed by atoms with Crippen LogP contribution < -0.4 is 4.74 Å². The van der Waals surface area contributed by atoms with Crippen LogP contribution in [0.2, 0.25) is 0 Å². The molecule has 0 unspecified atom stereocenters. The molecule has 0 radical (unpaired) electrons. The van der Waals surface area contributed by atoms with E-state index >= 15 is 0 Å². The highest BCUT2D eigenvalue weighted by molar-refractivity contribution is 5.33. The molecule has 0 fully saturated rings. The van der Waals surface area contributed by atoms with Crippen LogP contribution in [0.5, 0.6) is 5.88 Å². The SMILES string of the molecule is OC(O)c1ccnc(-n2nccc2OCc2ccc(F)cc2CCc2ccc(F)cc2)c1. The number of aliphatic hydroxyl groups excluding tert-OH is 1. The van der Waals surface area contributed by atoms with E-state index < -0.39 is 6.29 Å². The van der Waals surface area contributed by atoms with Crippen molar-refractivity contribution in [2.24, 2.45) is 0 Å². The van der Waals surface area contributed by atoms with Crippen molar-refractivity contribution in [1.82, 2.24) is 14.8 Å². The lowest BCUT2D eigenvalue weighted by molar-refractivity contribution is -0.0425. The molecule has 2 aromatic heterocycles. The van der Waals surface area contributed by atoms with Gasteiger partial charge in [0.1, 0.15) is 18.2 Å². The highest BCUT2D eigenvalue weighted by atomic mass is 19.1. The first-order chi connectivity index (χ1) is 15.5. The van der Waals surface area contributed by atoms with Crippen molar-refractivity contribution in [2.45, 2.75) is 25.7 Å². The average Bonchev–Trinajstić information content (AvgIpc) is 3.27. The number of rotatable bonds is 8. The minimum absolute atomic E-state index is 0.174. The van der Waals surface area contributed by atoms with Gasteiger partial charge < -0.3 is 14.9 Å². The summed E-state index contributed by atoms with van der Waals surface area (Å²) in [4.78, 5) is 4.20. The van der Waals surface area contributed by atoms with Crippen LogP contribution in [-0.4, -0.2) is 25.0 Å². The largest absolute Gasteiger partial charge is 0.473 e. The van der Waals surface area contributed by atoms with E-state index in [0.717, 1.165) is 16.7 Å². The number of aliphatic hydroxyl groups is 2. The molecule has 0 aliphatic rings. The van der Waals surface area contributed by atoms with E-state index in [0.29, 0.717) is 24.5 Å². The molecule has 0 spiro atoms. The first-order valence-electron chi connectivity index (χ1n) is 10.0. The van der Waals surface area contributed by atoms with Gasteiger partial charge in [-0.25, -0.2) is 13.8 Å². The number of ether oxygens (including phenoxy) is 1. The number of benzene rings is 2. The Labute approximate surface area is 183 Å². The molecule has 0 aliphatic carbocycles. The monoisotopic (exact) mass is 437 g/mol. The van der Waals surface area contributed by atoms with Gasteiger partial charge >= 0.3 is 0 Å². The first-order valence-corrected chi connectivity index (χ1v) is 10.0. The third-order valence-corrected chi connectivity index (χ3v) is 5.03. The van der Waals surface area contributed by atoms with Crippen LogP contribution in [0.1, 0.15) is 28.5 Å². The standard InChI is InChI=1S/C24H21F2N3O3/c25-20-6-2-16(3-7-20)1-4-17-13-21(26)8-5-19(17)15-32-23-10-12-28-29(23)22-14-18(24(30)31)9-11-27-22/h2-3,5-14,24,30-31H,1,4,15H2. The van der Waals surface area contributed by atoms with Gasteiger partial charge in [-0.1, -0.05) is 18.2 Å². The minimum Gasteiger partial charge on any atom is -0.473 e. The zero-order chi connectivity index (χ0) is 22.5. The summed E-state index contributed by atoms with van der Waals surface area (Å²) >= 11 is 0. The van der Waals surface area contributed by atoms with Crippen molar-refractivity contribution >= 4 is 0 Å². The van der Waals surface area contributed by atoms with Gasteiger partial charge in [-0.2, -0.15) is 9.78 Å². The maximum atomic E-state index is 13.9. The fraction of sp³-hybridized carbons (Fsp3) is 0.167. The second kappa shape index (κ2) is 9.67. The summed E-state index contributed by atoms with van der Waals surface area (Å²) in [5, 5.41) is 23.0. The van der Waals surface area contributed by atoms with E-state index in [-0.39, 0.29) is 23.8 Å². The summed E-state index contributed by atoms with van der Waals surface area (Å²) < 4.78 is 34.4. The van der Waals surface area contributed by atoms with Crippen molar-refractivity contribution in [3.8, 4) is 11.7 Å². The van der Waals surface area contributed by atoms with E-state index in [1.165, 1.54) is 47.3 Å². The molecule has 0 amide bonds. The molecule has 0 saturated heterocycles. The van der Waals surface area contributed by atoms with Crippen LogP contribution in [0, 0.1) is 11.6 Å². The summed E-state index contributed by atoms with van der Waals surface area (Å²) in [6.07, 6.45) is 2.57. The van der Waals surface area contributed by atoms with Crippen LogP contribution >= 0.6 is 0 Å². The van der Waals surface area contributed by atoms with Crippen molar-refractivity contribution in [3.05, 3.63) is 107 Å². The maximum absolute atomic E-state index is 13.9. The summed E-state index contributed by atoms with van der Waals surface area (Å²) in [5.41, 5.74) is 2.84. The Bertz CT molecular complexity index is 1190. The first kappa shape index (κ1) is 21.6. The molecule has 0 bridgehead atoms. The zero-order valence-corrected chi connectivity index (χ0v) is 17.0. The molecule has 2 N–H and O–H groups in total. The number of hydrogen-bond acceptors (Lipinski definition) is 5. The summed E-state index contributed by atoms with van der Waals surface area (Å²) in [6, 6.07) is 15.4. The minimum atomic E-state index is -1.63. The Morgan fingerprint density at radius 3 is 2.41 bits per heavy atom. The number of aromatic nitrogens is 3. The number of nitrogens with zero attached hydrogens (tertiary/aromatic N) is 3. The molecular formula is C24H21F2N3O3. The van der Waals surface area contributed by atoms with Crippen LogP contribution in [0.3, 0.4) is 0 Å². The highest BCUT2D eigenvalue weighted by Crippen LogP contribution is 2.21. The number of pyridine rings is 1. The van der Waals surface area contributed by atoms with Gasteiger partial charge in [-0.15, -0.1) is 0 Å². The van der Waals surface area contributed by atoms with Gasteiger partial charge in [0.2, 0.25) is 5.88 Å². The van der Waals surface area contributed by atoms with Gasteiger partial charge in [0.15, 0.2) is 12.1 Å². The Morgan fingerprint density at radius 1 is 0.844 bits per heavy atom. The van der Waals surface area contributed by atoms with Crippen LogP contribution in [-0.2, 0) is 19.4 Å². The lowest BCUT2D eigenvalue weighted by Gasteiger charge is -2.13. The number of halogens is 2. The Hall–Kier alpha value is -3.62. The molecule has 164 valence electrons. The quantitative estimate of drug-likeness (QED) is 0.409. The molecule has 4 rings (SSSR count). The lowest BCUT2D eigenvalue weighted by Crippen LogP contribution is -2.08. The van der Waals surface area contributed by atoms with Crippen molar-refractivity contribution in [2.75, 3.05) is 0 Å². The molecule has 32 heavy (non-hydrogen) atoms. The number of hydrogen-bond donors (Lipinski definition) is 2. The zero-order valence-electron chi connectivity index (χ0n) is 17.0. The van der Waals surface area contributed by atoms with Crippen molar-refractivity contribution in [3.63, 3.8) is 0 Å². The molecule has 0 atom stereocenters. The van der Waals surface area contributed by atoms with Crippen LogP contribution in [0.15, 0.2) is 73.1 Å². The lowest BCUT2D eigenvalue weighted by atomic mass is 10.00. The fourth-order valence-corrected chi connectivity index (χ4v) is 3.33. The van der Waals surface area contributed by atoms with Crippen LogP contribution in [0.4, 0.5) is 8.78 Å². The summed E-state index contributed by atoms with van der Waals surface area (Å²) in [5.74, 6) is 0.136. The highest BCUT2D eigenvalue weighted by Gasteiger charge is 2.12. The van der Waals surface area contributed by atoms with Gasteiger partial charge in [-0.3, -0.25) is 0 Å². The van der Waals surface area contributed by atoms with Crippen LogP contribution in [0.25, 0.3) is 5.82 Å². The third-order valence-electron chi connectivity index (χ3n) is 5.03.